The highest BCUT2D eigenvalue weighted by atomic mass is 127. The van der Waals surface area contributed by atoms with Gasteiger partial charge in [0.15, 0.2) is 5.96 Å². The summed E-state index contributed by atoms with van der Waals surface area (Å²) in [7, 11) is 4.06. The number of nitrogens with zero attached hydrogens (tertiary/aromatic N) is 3. The van der Waals surface area contributed by atoms with Gasteiger partial charge in [-0.1, -0.05) is 18.2 Å². The van der Waals surface area contributed by atoms with Gasteiger partial charge in [-0.2, -0.15) is 0 Å². The average molecular weight is 532 g/mol. The molecule has 1 N–H and O–H groups in total. The van der Waals surface area contributed by atoms with Crippen LogP contribution in [0.5, 0.6) is 5.75 Å². The zero-order valence-electron chi connectivity index (χ0n) is 18.7. The SMILES string of the molecule is CCNC(=NCc1ccccc1OCCN(C)C)N1CCCC(C(=O)OCC)C1.I. The number of carbonyl (C=O) groups excluding carboxylic acids is 1. The minimum Gasteiger partial charge on any atom is -0.492 e. The lowest BCUT2D eigenvalue weighted by Gasteiger charge is -2.34. The highest BCUT2D eigenvalue weighted by Crippen LogP contribution is 2.21. The summed E-state index contributed by atoms with van der Waals surface area (Å²) >= 11 is 0. The lowest BCUT2D eigenvalue weighted by Crippen LogP contribution is -2.48. The maximum absolute atomic E-state index is 12.2. The number of carbonyl (C=O) groups is 1. The molecule has 0 saturated carbocycles. The molecular weight excluding hydrogens is 495 g/mol. The fourth-order valence-electron chi connectivity index (χ4n) is 3.32. The molecule has 2 rings (SSSR count). The number of halogens is 1. The lowest BCUT2D eigenvalue weighted by atomic mass is 9.98. The van der Waals surface area contributed by atoms with Gasteiger partial charge in [0, 0.05) is 31.7 Å². The number of ether oxygens (including phenoxy) is 2. The first-order chi connectivity index (χ1) is 14.0. The lowest BCUT2D eigenvalue weighted by molar-refractivity contribution is -0.149. The molecule has 0 radical (unpaired) electrons. The average Bonchev–Trinajstić information content (AvgIpc) is 2.72. The molecule has 30 heavy (non-hydrogen) atoms. The second-order valence-corrected chi connectivity index (χ2v) is 7.47. The van der Waals surface area contributed by atoms with Crippen molar-refractivity contribution in [2.24, 2.45) is 10.9 Å². The Morgan fingerprint density at radius 1 is 1.30 bits per heavy atom. The van der Waals surface area contributed by atoms with Gasteiger partial charge < -0.3 is 24.6 Å². The summed E-state index contributed by atoms with van der Waals surface area (Å²) in [5.74, 6) is 1.52. The maximum Gasteiger partial charge on any atom is 0.310 e. The number of likely N-dealkylation sites (N-methyl/N-ethyl adjacent to an activating group) is 1. The van der Waals surface area contributed by atoms with Crippen molar-refractivity contribution in [1.29, 1.82) is 0 Å². The summed E-state index contributed by atoms with van der Waals surface area (Å²) < 4.78 is 11.2. The molecule has 7 nitrogen and oxygen atoms in total. The first kappa shape index (κ1) is 26.5. The summed E-state index contributed by atoms with van der Waals surface area (Å²) in [6, 6.07) is 8.03. The Hall–Kier alpha value is -1.55. The van der Waals surface area contributed by atoms with Gasteiger partial charge in [-0.3, -0.25) is 4.79 Å². The van der Waals surface area contributed by atoms with Crippen LogP contribution >= 0.6 is 24.0 Å². The molecule has 8 heteroatoms. The van der Waals surface area contributed by atoms with E-state index < -0.39 is 0 Å². The first-order valence-corrected chi connectivity index (χ1v) is 10.6. The Labute approximate surface area is 198 Å². The minimum absolute atomic E-state index is 0. The molecule has 1 aromatic carbocycles. The number of aliphatic imine (C=N–C) groups is 1. The number of piperidine rings is 1. The molecule has 1 fully saturated rings. The van der Waals surface area contributed by atoms with Crippen molar-refractivity contribution in [2.45, 2.75) is 33.2 Å². The van der Waals surface area contributed by atoms with Gasteiger partial charge in [0.1, 0.15) is 12.4 Å². The van der Waals surface area contributed by atoms with Gasteiger partial charge in [-0.05, 0) is 46.9 Å². The third kappa shape index (κ3) is 8.67. The fourth-order valence-corrected chi connectivity index (χ4v) is 3.32. The number of rotatable bonds is 9. The van der Waals surface area contributed by atoms with Crippen LogP contribution < -0.4 is 10.1 Å². The van der Waals surface area contributed by atoms with E-state index in [0.717, 1.165) is 49.7 Å². The van der Waals surface area contributed by atoms with Gasteiger partial charge in [0.25, 0.3) is 0 Å². The topological polar surface area (TPSA) is 66.4 Å². The van der Waals surface area contributed by atoms with E-state index in [2.05, 4.69) is 28.1 Å². The zero-order chi connectivity index (χ0) is 21.1. The van der Waals surface area contributed by atoms with E-state index >= 15 is 0 Å². The largest absolute Gasteiger partial charge is 0.492 e. The van der Waals surface area contributed by atoms with E-state index in [4.69, 9.17) is 14.5 Å². The molecule has 1 aliphatic rings. The molecule has 0 bridgehead atoms. The number of esters is 1. The van der Waals surface area contributed by atoms with Crippen LogP contribution in [0, 0.1) is 5.92 Å². The standard InChI is InChI=1S/C22H36N4O3.HI/c1-5-23-22(26-13-9-11-19(17-26)21(27)28-6-2)24-16-18-10-7-8-12-20(18)29-15-14-25(3)4;/h7-8,10,12,19H,5-6,9,11,13-17H2,1-4H3,(H,23,24);1H. The minimum atomic E-state index is -0.104. The second kappa shape index (κ2) is 14.5. The van der Waals surface area contributed by atoms with Gasteiger partial charge in [-0.15, -0.1) is 24.0 Å². The smallest absolute Gasteiger partial charge is 0.310 e. The van der Waals surface area contributed by atoms with Crippen LogP contribution in [0.4, 0.5) is 0 Å². The zero-order valence-corrected chi connectivity index (χ0v) is 21.1. The highest BCUT2D eigenvalue weighted by Gasteiger charge is 2.28. The van der Waals surface area contributed by atoms with Crippen molar-refractivity contribution in [2.75, 3.05) is 53.5 Å². The predicted octanol–water partition coefficient (Wildman–Crippen LogP) is 2.99. The molecule has 1 unspecified atom stereocenters. The van der Waals surface area contributed by atoms with Gasteiger partial charge in [0.05, 0.1) is 19.1 Å². The molecule has 1 atom stereocenters. The van der Waals surface area contributed by atoms with Crippen LogP contribution in [0.1, 0.15) is 32.3 Å². The Balaban J connectivity index is 0.00000450. The summed E-state index contributed by atoms with van der Waals surface area (Å²) in [6.07, 6.45) is 1.83. The highest BCUT2D eigenvalue weighted by molar-refractivity contribution is 14.0. The van der Waals surface area contributed by atoms with Gasteiger partial charge in [-0.25, -0.2) is 4.99 Å². The molecule has 0 amide bonds. The number of benzene rings is 1. The molecule has 1 heterocycles. The fraction of sp³-hybridized carbons (Fsp3) is 0.636. The van der Waals surface area contributed by atoms with Crippen LogP contribution in [0.2, 0.25) is 0 Å². The van der Waals surface area contributed by atoms with E-state index in [1.165, 1.54) is 0 Å². The first-order valence-electron chi connectivity index (χ1n) is 10.6. The third-order valence-corrected chi connectivity index (χ3v) is 4.84. The van der Waals surface area contributed by atoms with Gasteiger partial charge in [0.2, 0.25) is 0 Å². The normalized spacial score (nSPS) is 16.8. The van der Waals surface area contributed by atoms with Crippen LogP contribution in [0.25, 0.3) is 0 Å². The van der Waals surface area contributed by atoms with Crippen molar-refractivity contribution in [3.8, 4) is 5.75 Å². The van der Waals surface area contributed by atoms with E-state index in [9.17, 15) is 4.79 Å². The van der Waals surface area contributed by atoms with Crippen molar-refractivity contribution in [3.05, 3.63) is 29.8 Å². The number of hydrogen-bond donors (Lipinski definition) is 1. The summed E-state index contributed by atoms with van der Waals surface area (Å²) in [5.41, 5.74) is 1.06. The molecule has 170 valence electrons. The second-order valence-electron chi connectivity index (χ2n) is 7.47. The summed E-state index contributed by atoms with van der Waals surface area (Å²) in [5, 5.41) is 3.37. The Morgan fingerprint density at radius 2 is 2.07 bits per heavy atom. The Morgan fingerprint density at radius 3 is 2.77 bits per heavy atom. The van der Waals surface area contributed by atoms with Crippen LogP contribution in [-0.2, 0) is 16.1 Å². The number of guanidine groups is 1. The van der Waals surface area contributed by atoms with Crippen molar-refractivity contribution >= 4 is 35.9 Å². The number of hydrogen-bond acceptors (Lipinski definition) is 5. The molecule has 1 saturated heterocycles. The number of para-hydroxylation sites is 1. The predicted molar refractivity (Wildman–Crippen MR) is 132 cm³/mol. The molecule has 0 aliphatic carbocycles. The molecule has 0 spiro atoms. The van der Waals surface area contributed by atoms with Crippen molar-refractivity contribution in [3.63, 3.8) is 0 Å². The summed E-state index contributed by atoms with van der Waals surface area (Å²) in [4.78, 5) is 21.3. The molecule has 1 aliphatic heterocycles. The maximum atomic E-state index is 12.2. The number of nitrogens with one attached hydrogen (secondary N) is 1. The number of likely N-dealkylation sites (tertiary alicyclic amines) is 1. The van der Waals surface area contributed by atoms with Gasteiger partial charge >= 0.3 is 5.97 Å². The van der Waals surface area contributed by atoms with E-state index in [1.54, 1.807) is 0 Å². The van der Waals surface area contributed by atoms with E-state index in [0.29, 0.717) is 26.3 Å². The third-order valence-electron chi connectivity index (χ3n) is 4.84. The Kier molecular flexibility index (Phi) is 12.8. The van der Waals surface area contributed by atoms with Crippen molar-refractivity contribution in [1.82, 2.24) is 15.1 Å². The van der Waals surface area contributed by atoms with E-state index in [-0.39, 0.29) is 35.9 Å². The summed E-state index contributed by atoms with van der Waals surface area (Å²) in [6.45, 7) is 8.68. The molecule has 1 aromatic rings. The van der Waals surface area contributed by atoms with Crippen LogP contribution in [-0.4, -0.2) is 75.2 Å². The van der Waals surface area contributed by atoms with Crippen LogP contribution in [0.15, 0.2) is 29.3 Å². The monoisotopic (exact) mass is 532 g/mol. The van der Waals surface area contributed by atoms with Crippen molar-refractivity contribution < 1.29 is 14.3 Å². The molecule has 0 aromatic heterocycles. The molecular formula is C22H37IN4O3. The van der Waals surface area contributed by atoms with Crippen LogP contribution in [0.3, 0.4) is 0 Å². The Bertz CT molecular complexity index is 670. The van der Waals surface area contributed by atoms with E-state index in [1.807, 2.05) is 39.2 Å². The quantitative estimate of drug-likeness (QED) is 0.228.